The standard InChI is InChI=1S/C17H21NOS/c1-18-16(15-9-4-5-10-17(15)20-3)12-13-7-6-8-14(11-13)19-2/h4-11,16,18H,12H2,1-3H3. The molecule has 1 atom stereocenters. The Bertz CT molecular complexity index is 556. The maximum absolute atomic E-state index is 5.30. The van der Waals surface area contributed by atoms with Crippen molar-refractivity contribution in [3.05, 3.63) is 59.7 Å². The fourth-order valence-electron chi connectivity index (χ4n) is 2.36. The Balaban J connectivity index is 2.24. The number of thioether (sulfide) groups is 1. The van der Waals surface area contributed by atoms with Crippen molar-refractivity contribution in [1.29, 1.82) is 0 Å². The van der Waals surface area contributed by atoms with Crippen molar-refractivity contribution >= 4 is 11.8 Å². The third-order valence-corrected chi connectivity index (χ3v) is 4.25. The van der Waals surface area contributed by atoms with E-state index in [4.69, 9.17) is 4.74 Å². The summed E-state index contributed by atoms with van der Waals surface area (Å²) in [4.78, 5) is 1.33. The van der Waals surface area contributed by atoms with Gasteiger partial charge in [-0.1, -0.05) is 30.3 Å². The van der Waals surface area contributed by atoms with Crippen molar-refractivity contribution in [3.8, 4) is 5.75 Å². The normalized spacial score (nSPS) is 12.2. The molecular weight excluding hydrogens is 266 g/mol. The highest BCUT2D eigenvalue weighted by Gasteiger charge is 2.13. The molecule has 0 spiro atoms. The van der Waals surface area contributed by atoms with E-state index in [9.17, 15) is 0 Å². The molecule has 0 saturated carbocycles. The smallest absolute Gasteiger partial charge is 0.119 e. The fourth-order valence-corrected chi connectivity index (χ4v) is 3.02. The molecule has 0 saturated heterocycles. The zero-order valence-corrected chi connectivity index (χ0v) is 13.0. The molecular formula is C17H21NOS. The molecule has 2 nitrogen and oxygen atoms in total. The van der Waals surface area contributed by atoms with Crippen LogP contribution in [0.4, 0.5) is 0 Å². The summed E-state index contributed by atoms with van der Waals surface area (Å²) in [5.41, 5.74) is 2.63. The average Bonchev–Trinajstić information content (AvgIpc) is 2.52. The summed E-state index contributed by atoms with van der Waals surface area (Å²) in [6.07, 6.45) is 3.07. The van der Waals surface area contributed by atoms with Crippen molar-refractivity contribution in [2.24, 2.45) is 0 Å². The van der Waals surface area contributed by atoms with Crippen LogP contribution in [0.3, 0.4) is 0 Å². The van der Waals surface area contributed by atoms with E-state index < -0.39 is 0 Å². The van der Waals surface area contributed by atoms with Gasteiger partial charge >= 0.3 is 0 Å². The van der Waals surface area contributed by atoms with Crippen molar-refractivity contribution in [1.82, 2.24) is 5.32 Å². The van der Waals surface area contributed by atoms with Gasteiger partial charge in [0.2, 0.25) is 0 Å². The molecule has 0 amide bonds. The van der Waals surface area contributed by atoms with Crippen LogP contribution in [0.2, 0.25) is 0 Å². The molecule has 2 aromatic carbocycles. The predicted octanol–water partition coefficient (Wildman–Crippen LogP) is 3.92. The van der Waals surface area contributed by atoms with Crippen LogP contribution in [-0.4, -0.2) is 20.4 Å². The summed E-state index contributed by atoms with van der Waals surface area (Å²) in [5, 5.41) is 3.42. The van der Waals surface area contributed by atoms with Gasteiger partial charge in [0.25, 0.3) is 0 Å². The quantitative estimate of drug-likeness (QED) is 0.814. The lowest BCUT2D eigenvalue weighted by Gasteiger charge is -2.19. The monoisotopic (exact) mass is 287 g/mol. The van der Waals surface area contributed by atoms with Gasteiger partial charge in [-0.05, 0) is 49.1 Å². The van der Waals surface area contributed by atoms with Crippen LogP contribution in [-0.2, 0) is 6.42 Å². The predicted molar refractivity (Wildman–Crippen MR) is 86.7 cm³/mol. The molecule has 1 unspecified atom stereocenters. The highest BCUT2D eigenvalue weighted by Crippen LogP contribution is 2.28. The molecule has 2 rings (SSSR count). The number of nitrogens with one attached hydrogen (secondary N) is 1. The molecule has 20 heavy (non-hydrogen) atoms. The number of methoxy groups -OCH3 is 1. The second-order valence-electron chi connectivity index (χ2n) is 4.64. The van der Waals surface area contributed by atoms with Crippen LogP contribution in [0.5, 0.6) is 5.75 Å². The van der Waals surface area contributed by atoms with E-state index >= 15 is 0 Å². The number of rotatable bonds is 6. The zero-order valence-electron chi connectivity index (χ0n) is 12.2. The first-order chi connectivity index (χ1) is 9.78. The maximum Gasteiger partial charge on any atom is 0.119 e. The van der Waals surface area contributed by atoms with E-state index in [1.54, 1.807) is 18.9 Å². The minimum atomic E-state index is 0.311. The Kier molecular flexibility index (Phi) is 5.50. The lowest BCUT2D eigenvalue weighted by Crippen LogP contribution is -2.19. The summed E-state index contributed by atoms with van der Waals surface area (Å²) in [5.74, 6) is 0.913. The second-order valence-corrected chi connectivity index (χ2v) is 5.49. The van der Waals surface area contributed by atoms with E-state index in [1.165, 1.54) is 16.0 Å². The molecule has 0 bridgehead atoms. The van der Waals surface area contributed by atoms with Gasteiger partial charge in [0, 0.05) is 10.9 Å². The van der Waals surface area contributed by atoms with Gasteiger partial charge in [-0.25, -0.2) is 0 Å². The number of benzene rings is 2. The Morgan fingerprint density at radius 1 is 1.15 bits per heavy atom. The molecule has 0 heterocycles. The van der Waals surface area contributed by atoms with E-state index in [2.05, 4.69) is 48.0 Å². The van der Waals surface area contributed by atoms with Crippen LogP contribution in [0.25, 0.3) is 0 Å². The topological polar surface area (TPSA) is 21.3 Å². The van der Waals surface area contributed by atoms with Gasteiger partial charge < -0.3 is 10.1 Å². The fraction of sp³-hybridized carbons (Fsp3) is 0.294. The highest BCUT2D eigenvalue weighted by atomic mass is 32.2. The molecule has 1 N–H and O–H groups in total. The van der Waals surface area contributed by atoms with Crippen LogP contribution in [0.1, 0.15) is 17.2 Å². The number of hydrogen-bond acceptors (Lipinski definition) is 3. The third kappa shape index (κ3) is 3.56. The van der Waals surface area contributed by atoms with E-state index in [0.717, 1.165) is 12.2 Å². The SMILES string of the molecule is CNC(Cc1cccc(OC)c1)c1ccccc1SC. The first-order valence-corrected chi connectivity index (χ1v) is 7.94. The van der Waals surface area contributed by atoms with E-state index in [0.29, 0.717) is 6.04 Å². The van der Waals surface area contributed by atoms with E-state index in [1.807, 2.05) is 19.2 Å². The van der Waals surface area contributed by atoms with Crippen LogP contribution < -0.4 is 10.1 Å². The van der Waals surface area contributed by atoms with E-state index in [-0.39, 0.29) is 0 Å². The largest absolute Gasteiger partial charge is 0.497 e. The van der Waals surface area contributed by atoms with Gasteiger partial charge in [0.1, 0.15) is 5.75 Å². The average molecular weight is 287 g/mol. The molecule has 0 aliphatic rings. The van der Waals surface area contributed by atoms with Crippen LogP contribution in [0.15, 0.2) is 53.4 Å². The zero-order chi connectivity index (χ0) is 14.4. The lowest BCUT2D eigenvalue weighted by atomic mass is 9.99. The molecule has 0 aliphatic carbocycles. The van der Waals surface area contributed by atoms with Gasteiger partial charge in [-0.15, -0.1) is 11.8 Å². The van der Waals surface area contributed by atoms with Gasteiger partial charge in [-0.3, -0.25) is 0 Å². The summed E-state index contributed by atoms with van der Waals surface area (Å²) >= 11 is 1.79. The van der Waals surface area contributed by atoms with Gasteiger partial charge in [-0.2, -0.15) is 0 Å². The number of ether oxygens (including phenoxy) is 1. The molecule has 0 aliphatic heterocycles. The first kappa shape index (κ1) is 14.9. The van der Waals surface area contributed by atoms with Crippen LogP contribution in [0, 0.1) is 0 Å². The van der Waals surface area contributed by atoms with Crippen molar-refractivity contribution in [2.45, 2.75) is 17.4 Å². The van der Waals surface area contributed by atoms with Gasteiger partial charge in [0.15, 0.2) is 0 Å². The Labute approximate surface area is 125 Å². The Hall–Kier alpha value is -1.45. The van der Waals surface area contributed by atoms with Crippen LogP contribution >= 0.6 is 11.8 Å². The third-order valence-electron chi connectivity index (χ3n) is 3.44. The minimum Gasteiger partial charge on any atom is -0.497 e. The summed E-state index contributed by atoms with van der Waals surface area (Å²) < 4.78 is 5.30. The van der Waals surface area contributed by atoms with Crippen molar-refractivity contribution < 1.29 is 4.74 Å². The summed E-state index contributed by atoms with van der Waals surface area (Å²) in [7, 11) is 3.72. The van der Waals surface area contributed by atoms with Crippen molar-refractivity contribution in [3.63, 3.8) is 0 Å². The molecule has 3 heteroatoms. The molecule has 0 aromatic heterocycles. The Morgan fingerprint density at radius 3 is 2.65 bits per heavy atom. The lowest BCUT2D eigenvalue weighted by molar-refractivity contribution is 0.414. The minimum absolute atomic E-state index is 0.311. The second kappa shape index (κ2) is 7.36. The molecule has 2 aromatic rings. The Morgan fingerprint density at radius 2 is 1.95 bits per heavy atom. The molecule has 106 valence electrons. The summed E-state index contributed by atoms with van der Waals surface area (Å²) in [6.45, 7) is 0. The maximum atomic E-state index is 5.30. The van der Waals surface area contributed by atoms with Gasteiger partial charge in [0.05, 0.1) is 7.11 Å². The van der Waals surface area contributed by atoms with Crippen molar-refractivity contribution in [2.75, 3.05) is 20.4 Å². The molecule has 0 fully saturated rings. The summed E-state index contributed by atoms with van der Waals surface area (Å²) in [6, 6.07) is 17.2. The highest BCUT2D eigenvalue weighted by molar-refractivity contribution is 7.98. The number of hydrogen-bond donors (Lipinski definition) is 1. The number of likely N-dealkylation sites (N-methyl/N-ethyl adjacent to an activating group) is 1. The molecule has 0 radical (unpaired) electrons. The first-order valence-electron chi connectivity index (χ1n) is 6.71.